The van der Waals surface area contributed by atoms with Crippen molar-refractivity contribution in [3.05, 3.63) is 48.3 Å². The minimum atomic E-state index is 0.0493. The third-order valence-electron chi connectivity index (χ3n) is 2.46. The molecule has 4 nitrogen and oxygen atoms in total. The summed E-state index contributed by atoms with van der Waals surface area (Å²) in [6.07, 6.45) is 1.65. The first kappa shape index (κ1) is 11.5. The van der Waals surface area contributed by atoms with Gasteiger partial charge in [0.25, 0.3) is 0 Å². The van der Waals surface area contributed by atoms with E-state index in [1.807, 2.05) is 37.3 Å². The Hall–Kier alpha value is -1.94. The van der Waals surface area contributed by atoms with Crippen LogP contribution < -0.4 is 5.32 Å². The fourth-order valence-corrected chi connectivity index (χ4v) is 1.62. The Labute approximate surface area is 100 Å². The topological polar surface area (TPSA) is 46.9 Å². The molecule has 0 aliphatic heterocycles. The highest BCUT2D eigenvalue weighted by molar-refractivity contribution is 5.96. The summed E-state index contributed by atoms with van der Waals surface area (Å²) in [5.41, 5.74) is 1.51. The number of ketones is 1. The lowest BCUT2D eigenvalue weighted by Crippen LogP contribution is -2.24. The smallest absolute Gasteiger partial charge is 0.195 e. The van der Waals surface area contributed by atoms with Gasteiger partial charge in [0, 0.05) is 0 Å². The molecule has 1 aromatic heterocycles. The summed E-state index contributed by atoms with van der Waals surface area (Å²) in [6.45, 7) is 3.10. The fourth-order valence-electron chi connectivity index (χ4n) is 1.62. The number of hydrogen-bond donors (Lipinski definition) is 1. The molecule has 0 spiro atoms. The van der Waals surface area contributed by atoms with Gasteiger partial charge < -0.3 is 5.32 Å². The lowest BCUT2D eigenvalue weighted by molar-refractivity contribution is 0.0984. The molecule has 0 atom stereocenters. The van der Waals surface area contributed by atoms with Crippen molar-refractivity contribution >= 4 is 5.78 Å². The Morgan fingerprint density at radius 2 is 2.06 bits per heavy atom. The van der Waals surface area contributed by atoms with Crippen LogP contribution in [-0.2, 0) is 0 Å². The predicted octanol–water partition coefficient (Wildman–Crippen LogP) is 1.66. The zero-order chi connectivity index (χ0) is 12.1. The molecule has 0 aliphatic carbocycles. The molecular formula is C13H15N3O. The van der Waals surface area contributed by atoms with Crippen LogP contribution in [0.1, 0.15) is 17.4 Å². The van der Waals surface area contributed by atoms with Crippen molar-refractivity contribution in [3.8, 4) is 5.69 Å². The number of carbonyl (C=O) groups excluding carboxylic acids is 1. The summed E-state index contributed by atoms with van der Waals surface area (Å²) in [7, 11) is 0. The van der Waals surface area contributed by atoms with E-state index in [0.717, 1.165) is 12.2 Å². The van der Waals surface area contributed by atoms with Gasteiger partial charge in [0.2, 0.25) is 0 Å². The zero-order valence-electron chi connectivity index (χ0n) is 9.76. The number of likely N-dealkylation sites (N-methyl/N-ethyl adjacent to an activating group) is 1. The number of carbonyl (C=O) groups is 1. The molecule has 88 valence electrons. The van der Waals surface area contributed by atoms with Gasteiger partial charge in [-0.3, -0.25) is 4.79 Å². The van der Waals surface area contributed by atoms with Crippen molar-refractivity contribution in [3.63, 3.8) is 0 Å². The summed E-state index contributed by atoms with van der Waals surface area (Å²) < 4.78 is 1.67. The third kappa shape index (κ3) is 2.60. The van der Waals surface area contributed by atoms with E-state index in [0.29, 0.717) is 12.2 Å². The van der Waals surface area contributed by atoms with Gasteiger partial charge in [0.05, 0.1) is 18.4 Å². The number of benzene rings is 1. The standard InChI is InChI=1S/C13H15N3O/c1-2-14-10-13(17)12-8-9-15-16(12)11-6-4-3-5-7-11/h3-9,14H,2,10H2,1H3. The molecule has 1 heterocycles. The van der Waals surface area contributed by atoms with Gasteiger partial charge in [-0.05, 0) is 24.7 Å². The number of hydrogen-bond acceptors (Lipinski definition) is 3. The first-order valence-electron chi connectivity index (χ1n) is 5.66. The molecule has 1 N–H and O–H groups in total. The Morgan fingerprint density at radius 1 is 1.29 bits per heavy atom. The van der Waals surface area contributed by atoms with Crippen LogP contribution in [0.2, 0.25) is 0 Å². The van der Waals surface area contributed by atoms with Crippen LogP contribution in [0, 0.1) is 0 Å². The van der Waals surface area contributed by atoms with Crippen LogP contribution in [0.5, 0.6) is 0 Å². The van der Waals surface area contributed by atoms with Gasteiger partial charge in [-0.25, -0.2) is 4.68 Å². The largest absolute Gasteiger partial charge is 0.310 e. The van der Waals surface area contributed by atoms with Crippen molar-refractivity contribution < 1.29 is 4.79 Å². The molecule has 0 saturated carbocycles. The maximum absolute atomic E-state index is 11.9. The van der Waals surface area contributed by atoms with Gasteiger partial charge in [-0.15, -0.1) is 0 Å². The molecule has 17 heavy (non-hydrogen) atoms. The Bertz CT molecular complexity index is 490. The molecule has 0 amide bonds. The maximum Gasteiger partial charge on any atom is 0.195 e. The highest BCUT2D eigenvalue weighted by atomic mass is 16.1. The van der Waals surface area contributed by atoms with Crippen LogP contribution in [0.3, 0.4) is 0 Å². The number of para-hydroxylation sites is 1. The quantitative estimate of drug-likeness (QED) is 0.793. The zero-order valence-corrected chi connectivity index (χ0v) is 9.76. The molecule has 4 heteroatoms. The van der Waals surface area contributed by atoms with Gasteiger partial charge in [-0.2, -0.15) is 5.10 Å². The van der Waals surface area contributed by atoms with Crippen LogP contribution in [0.15, 0.2) is 42.6 Å². The summed E-state index contributed by atoms with van der Waals surface area (Å²) in [5, 5.41) is 7.21. The number of Topliss-reactive ketones (excluding diaryl/α,β-unsaturated/α-hetero) is 1. The lowest BCUT2D eigenvalue weighted by Gasteiger charge is -2.06. The second-order valence-electron chi connectivity index (χ2n) is 3.67. The maximum atomic E-state index is 11.9. The van der Waals surface area contributed by atoms with E-state index in [4.69, 9.17) is 0 Å². The van der Waals surface area contributed by atoms with Crippen molar-refractivity contribution in [2.45, 2.75) is 6.92 Å². The van der Waals surface area contributed by atoms with E-state index in [1.54, 1.807) is 16.9 Å². The van der Waals surface area contributed by atoms with Crippen molar-refractivity contribution in [2.75, 3.05) is 13.1 Å². The summed E-state index contributed by atoms with van der Waals surface area (Å²) in [5.74, 6) is 0.0493. The summed E-state index contributed by atoms with van der Waals surface area (Å²) in [4.78, 5) is 11.9. The number of nitrogens with one attached hydrogen (secondary N) is 1. The van der Waals surface area contributed by atoms with E-state index in [1.165, 1.54) is 0 Å². The summed E-state index contributed by atoms with van der Waals surface area (Å²) in [6, 6.07) is 11.4. The molecule has 0 bridgehead atoms. The molecular weight excluding hydrogens is 214 g/mol. The second-order valence-corrected chi connectivity index (χ2v) is 3.67. The van der Waals surface area contributed by atoms with Crippen LogP contribution in [-0.4, -0.2) is 28.7 Å². The average molecular weight is 229 g/mol. The van der Waals surface area contributed by atoms with E-state index in [-0.39, 0.29) is 5.78 Å². The van der Waals surface area contributed by atoms with Crippen molar-refractivity contribution in [1.82, 2.24) is 15.1 Å². The molecule has 0 fully saturated rings. The number of rotatable bonds is 5. The van der Waals surface area contributed by atoms with E-state index in [9.17, 15) is 4.79 Å². The van der Waals surface area contributed by atoms with Crippen LogP contribution in [0.4, 0.5) is 0 Å². The lowest BCUT2D eigenvalue weighted by atomic mass is 10.2. The van der Waals surface area contributed by atoms with Crippen molar-refractivity contribution in [2.24, 2.45) is 0 Å². The van der Waals surface area contributed by atoms with Gasteiger partial charge >= 0.3 is 0 Å². The van der Waals surface area contributed by atoms with Crippen molar-refractivity contribution in [1.29, 1.82) is 0 Å². The predicted molar refractivity (Wildman–Crippen MR) is 66.4 cm³/mol. The van der Waals surface area contributed by atoms with Gasteiger partial charge in [-0.1, -0.05) is 25.1 Å². The molecule has 0 aliphatic rings. The van der Waals surface area contributed by atoms with E-state index in [2.05, 4.69) is 10.4 Å². The number of aromatic nitrogens is 2. The summed E-state index contributed by atoms with van der Waals surface area (Å²) >= 11 is 0. The van der Waals surface area contributed by atoms with E-state index < -0.39 is 0 Å². The minimum absolute atomic E-state index is 0.0493. The van der Waals surface area contributed by atoms with E-state index >= 15 is 0 Å². The second kappa shape index (κ2) is 5.41. The Balaban J connectivity index is 2.26. The van der Waals surface area contributed by atoms with Crippen LogP contribution in [0.25, 0.3) is 5.69 Å². The first-order chi connectivity index (χ1) is 8.33. The molecule has 2 aromatic rings. The fraction of sp³-hybridized carbons (Fsp3) is 0.231. The van der Waals surface area contributed by atoms with Gasteiger partial charge in [0.15, 0.2) is 5.78 Å². The SMILES string of the molecule is CCNCC(=O)c1ccnn1-c1ccccc1. The molecule has 0 unspecified atom stereocenters. The normalized spacial score (nSPS) is 10.4. The number of nitrogens with zero attached hydrogens (tertiary/aromatic N) is 2. The molecule has 0 saturated heterocycles. The molecule has 0 radical (unpaired) electrons. The minimum Gasteiger partial charge on any atom is -0.310 e. The first-order valence-corrected chi connectivity index (χ1v) is 5.66. The molecule has 2 rings (SSSR count). The van der Waals surface area contributed by atoms with Crippen LogP contribution >= 0.6 is 0 Å². The monoisotopic (exact) mass is 229 g/mol. The Kier molecular flexibility index (Phi) is 3.67. The molecule has 1 aromatic carbocycles. The third-order valence-corrected chi connectivity index (χ3v) is 2.46. The highest BCUT2D eigenvalue weighted by Gasteiger charge is 2.12. The van der Waals surface area contributed by atoms with Gasteiger partial charge in [0.1, 0.15) is 5.69 Å². The average Bonchev–Trinajstić information content (AvgIpc) is 2.86. The highest BCUT2D eigenvalue weighted by Crippen LogP contribution is 2.10. The Morgan fingerprint density at radius 3 is 2.76 bits per heavy atom.